The maximum absolute atomic E-state index is 8.81. The Kier molecular flexibility index (Phi) is 2.64. The first kappa shape index (κ1) is 11.7. The predicted molar refractivity (Wildman–Crippen MR) is 61.8 cm³/mol. The van der Waals surface area contributed by atoms with Crippen molar-refractivity contribution >= 4 is 0 Å². The minimum absolute atomic E-state index is 0.107. The van der Waals surface area contributed by atoms with Gasteiger partial charge in [-0.2, -0.15) is 5.26 Å². The van der Waals surface area contributed by atoms with Crippen molar-refractivity contribution in [2.45, 2.75) is 44.9 Å². The summed E-state index contributed by atoms with van der Waals surface area (Å²) < 4.78 is 6.18. The van der Waals surface area contributed by atoms with Crippen LogP contribution in [0.5, 0.6) is 0 Å². The minimum Gasteiger partial charge on any atom is -0.363 e. The van der Waals surface area contributed by atoms with Crippen LogP contribution in [0.3, 0.4) is 0 Å². The first-order valence-corrected chi connectivity index (χ1v) is 5.95. The van der Waals surface area contributed by atoms with Gasteiger partial charge in [-0.15, -0.1) is 0 Å². The van der Waals surface area contributed by atoms with E-state index < -0.39 is 0 Å². The number of nitriles is 1. The molecule has 0 saturated carbocycles. The molecule has 0 aromatic rings. The Morgan fingerprint density at radius 1 is 1.19 bits per heavy atom. The quantitative estimate of drug-likeness (QED) is 0.623. The van der Waals surface area contributed by atoms with E-state index >= 15 is 0 Å². The van der Waals surface area contributed by atoms with E-state index in [4.69, 9.17) is 10.00 Å². The first-order valence-electron chi connectivity index (χ1n) is 5.95. The van der Waals surface area contributed by atoms with Crippen LogP contribution >= 0.6 is 0 Å². The molecule has 0 unspecified atom stereocenters. The number of likely N-dealkylation sites (tertiary alicyclic amines) is 1. The van der Waals surface area contributed by atoms with Crippen molar-refractivity contribution in [3.63, 3.8) is 0 Å². The van der Waals surface area contributed by atoms with Gasteiger partial charge in [-0.05, 0) is 27.7 Å². The highest BCUT2D eigenvalue weighted by molar-refractivity contribution is 5.08. The first-order chi connectivity index (χ1) is 7.36. The third kappa shape index (κ3) is 2.02. The monoisotopic (exact) mass is 223 g/mol. The van der Waals surface area contributed by atoms with Crippen molar-refractivity contribution in [3.8, 4) is 6.19 Å². The molecule has 2 heterocycles. The number of hydrogen-bond acceptors (Lipinski definition) is 4. The van der Waals surface area contributed by atoms with Gasteiger partial charge in [0, 0.05) is 19.1 Å². The van der Waals surface area contributed by atoms with Gasteiger partial charge in [0.25, 0.3) is 0 Å². The summed E-state index contributed by atoms with van der Waals surface area (Å²) >= 11 is 0. The molecule has 0 aromatic heterocycles. The summed E-state index contributed by atoms with van der Waals surface area (Å²) in [5, 5.41) is 8.81. The zero-order valence-corrected chi connectivity index (χ0v) is 10.7. The summed E-state index contributed by atoms with van der Waals surface area (Å²) in [6.45, 7) is 12.1. The molecule has 90 valence electrons. The molecule has 2 fully saturated rings. The summed E-state index contributed by atoms with van der Waals surface area (Å²) in [6, 6.07) is 0.538. The van der Waals surface area contributed by atoms with E-state index in [-0.39, 0.29) is 11.2 Å². The molecule has 0 aromatic carbocycles. The van der Waals surface area contributed by atoms with E-state index in [0.29, 0.717) is 6.04 Å². The van der Waals surface area contributed by atoms with Crippen LogP contribution in [-0.4, -0.2) is 53.2 Å². The second kappa shape index (κ2) is 3.61. The van der Waals surface area contributed by atoms with Gasteiger partial charge < -0.3 is 9.64 Å². The molecule has 2 aliphatic rings. The molecule has 0 radical (unpaired) electrons. The highest BCUT2D eigenvalue weighted by atomic mass is 16.5. The van der Waals surface area contributed by atoms with Gasteiger partial charge in [-0.25, -0.2) is 0 Å². The van der Waals surface area contributed by atoms with Crippen LogP contribution in [0, 0.1) is 11.5 Å². The minimum atomic E-state index is -0.109. The fourth-order valence-corrected chi connectivity index (χ4v) is 2.82. The average molecular weight is 223 g/mol. The summed E-state index contributed by atoms with van der Waals surface area (Å²) in [5.74, 6) is 0. The van der Waals surface area contributed by atoms with Gasteiger partial charge in [0.2, 0.25) is 0 Å². The van der Waals surface area contributed by atoms with Crippen molar-refractivity contribution < 1.29 is 4.74 Å². The molecule has 2 rings (SSSR count). The summed E-state index contributed by atoms with van der Waals surface area (Å²) in [7, 11) is 0. The van der Waals surface area contributed by atoms with E-state index in [1.54, 1.807) is 4.90 Å². The molecule has 0 bridgehead atoms. The highest BCUT2D eigenvalue weighted by Gasteiger charge is 2.52. The van der Waals surface area contributed by atoms with Gasteiger partial charge >= 0.3 is 0 Å². The van der Waals surface area contributed by atoms with Gasteiger partial charge in [-0.1, -0.05) is 0 Å². The fraction of sp³-hybridized carbons (Fsp3) is 0.917. The van der Waals surface area contributed by atoms with Crippen LogP contribution in [0.1, 0.15) is 27.7 Å². The topological polar surface area (TPSA) is 39.5 Å². The van der Waals surface area contributed by atoms with Crippen molar-refractivity contribution in [1.29, 1.82) is 5.26 Å². The molecule has 0 aliphatic carbocycles. The molecule has 0 N–H and O–H groups in total. The zero-order chi connectivity index (χ0) is 12.0. The lowest BCUT2D eigenvalue weighted by atomic mass is 9.88. The van der Waals surface area contributed by atoms with E-state index in [1.165, 1.54) is 0 Å². The van der Waals surface area contributed by atoms with Gasteiger partial charge in [0.1, 0.15) is 5.60 Å². The van der Waals surface area contributed by atoms with E-state index in [1.807, 2.05) is 0 Å². The van der Waals surface area contributed by atoms with Crippen LogP contribution in [0.15, 0.2) is 0 Å². The molecular weight excluding hydrogens is 202 g/mol. The van der Waals surface area contributed by atoms with Crippen molar-refractivity contribution in [2.75, 3.05) is 26.2 Å². The maximum Gasteiger partial charge on any atom is 0.179 e. The van der Waals surface area contributed by atoms with E-state index in [0.717, 1.165) is 26.2 Å². The molecule has 4 nitrogen and oxygen atoms in total. The second-order valence-electron chi connectivity index (χ2n) is 6.00. The molecule has 16 heavy (non-hydrogen) atoms. The Labute approximate surface area is 97.8 Å². The molecule has 2 saturated heterocycles. The standard InChI is InChI=1S/C12H21N3O/c1-10(2)15-5-11(3,4)16-12(8-15)6-14(7-12)9-13/h10H,5-8H2,1-4H3. The Balaban J connectivity index is 2.08. The molecule has 1 spiro atoms. The number of rotatable bonds is 1. The van der Waals surface area contributed by atoms with Gasteiger partial charge in [0.15, 0.2) is 6.19 Å². The normalized spacial score (nSPS) is 27.9. The Hall–Kier alpha value is -0.790. The molecule has 0 amide bonds. The Bertz CT molecular complexity index is 313. The lowest BCUT2D eigenvalue weighted by Crippen LogP contribution is -2.73. The van der Waals surface area contributed by atoms with Crippen molar-refractivity contribution in [3.05, 3.63) is 0 Å². The summed E-state index contributed by atoms with van der Waals surface area (Å²) in [5.41, 5.74) is -0.216. The second-order valence-corrected chi connectivity index (χ2v) is 6.00. The molecule has 0 atom stereocenters. The number of ether oxygens (including phenoxy) is 1. The Morgan fingerprint density at radius 3 is 2.31 bits per heavy atom. The maximum atomic E-state index is 8.81. The SMILES string of the molecule is CC(C)N1CC(C)(C)OC2(CN(C#N)C2)C1. The fourth-order valence-electron chi connectivity index (χ4n) is 2.82. The van der Waals surface area contributed by atoms with Gasteiger partial charge in [-0.3, -0.25) is 4.90 Å². The third-order valence-electron chi connectivity index (χ3n) is 3.40. The summed E-state index contributed by atoms with van der Waals surface area (Å²) in [4.78, 5) is 4.22. The third-order valence-corrected chi connectivity index (χ3v) is 3.40. The van der Waals surface area contributed by atoms with Gasteiger partial charge in [0.05, 0.1) is 18.7 Å². The van der Waals surface area contributed by atoms with E-state index in [9.17, 15) is 0 Å². The molecular formula is C12H21N3O. The average Bonchev–Trinajstić information content (AvgIpc) is 2.11. The predicted octanol–water partition coefficient (Wildman–Crippen LogP) is 1.04. The van der Waals surface area contributed by atoms with Crippen LogP contribution in [0.2, 0.25) is 0 Å². The van der Waals surface area contributed by atoms with E-state index in [2.05, 4.69) is 38.8 Å². The van der Waals surface area contributed by atoms with Crippen molar-refractivity contribution in [1.82, 2.24) is 9.80 Å². The van der Waals surface area contributed by atoms with Crippen LogP contribution in [0.4, 0.5) is 0 Å². The highest BCUT2D eigenvalue weighted by Crippen LogP contribution is 2.35. The number of nitrogens with zero attached hydrogens (tertiary/aromatic N) is 3. The smallest absolute Gasteiger partial charge is 0.179 e. The summed E-state index contributed by atoms with van der Waals surface area (Å²) in [6.07, 6.45) is 2.18. The lowest BCUT2D eigenvalue weighted by Gasteiger charge is -2.57. The zero-order valence-electron chi connectivity index (χ0n) is 10.7. The number of morpholine rings is 1. The largest absolute Gasteiger partial charge is 0.363 e. The van der Waals surface area contributed by atoms with Crippen LogP contribution < -0.4 is 0 Å². The van der Waals surface area contributed by atoms with Crippen LogP contribution in [-0.2, 0) is 4.74 Å². The van der Waals surface area contributed by atoms with Crippen LogP contribution in [0.25, 0.3) is 0 Å². The lowest BCUT2D eigenvalue weighted by molar-refractivity contribution is -0.242. The molecule has 2 aliphatic heterocycles. The number of hydrogen-bond donors (Lipinski definition) is 0. The van der Waals surface area contributed by atoms with Crippen molar-refractivity contribution in [2.24, 2.45) is 0 Å². The Morgan fingerprint density at radius 2 is 1.81 bits per heavy atom. The molecule has 4 heteroatoms.